The molecule has 24 heavy (non-hydrogen) atoms. The normalized spacial score (nSPS) is 14.7. The Kier molecular flexibility index (Phi) is 5.51. The number of amides is 2. The molecule has 0 radical (unpaired) electrons. The Bertz CT molecular complexity index is 666. The number of nitrogens with one attached hydrogen (secondary N) is 2. The Labute approximate surface area is 143 Å². The lowest BCUT2D eigenvalue weighted by Crippen LogP contribution is -2.37. The second-order valence-electron chi connectivity index (χ2n) is 6.48. The topological polar surface area (TPSA) is 59.0 Å². The summed E-state index contributed by atoms with van der Waals surface area (Å²) in [5.74, 6) is 0. The van der Waals surface area contributed by atoms with Gasteiger partial charge in [-0.15, -0.1) is 0 Å². The molecule has 0 unspecified atom stereocenters. The highest BCUT2D eigenvalue weighted by Gasteiger charge is 2.13. The van der Waals surface area contributed by atoms with Gasteiger partial charge in [-0.1, -0.05) is 18.2 Å². The first-order valence-electron chi connectivity index (χ1n) is 8.86. The first kappa shape index (κ1) is 16.6. The van der Waals surface area contributed by atoms with Gasteiger partial charge in [-0.3, -0.25) is 4.68 Å². The van der Waals surface area contributed by atoms with Gasteiger partial charge in [-0.2, -0.15) is 5.10 Å². The molecule has 0 spiro atoms. The molecule has 3 rings (SSSR count). The van der Waals surface area contributed by atoms with Crippen LogP contribution >= 0.6 is 0 Å². The van der Waals surface area contributed by atoms with E-state index in [2.05, 4.69) is 33.9 Å². The van der Waals surface area contributed by atoms with Crippen LogP contribution in [0.15, 0.2) is 36.7 Å². The molecule has 1 aliphatic carbocycles. The number of urea groups is 1. The average Bonchev–Trinajstić information content (AvgIpc) is 3.11. The number of carbonyl (C=O) groups excluding carboxylic acids is 1. The van der Waals surface area contributed by atoms with E-state index < -0.39 is 0 Å². The zero-order valence-corrected chi connectivity index (χ0v) is 14.3. The zero-order valence-electron chi connectivity index (χ0n) is 14.3. The number of aromatic nitrogens is 2. The summed E-state index contributed by atoms with van der Waals surface area (Å²) >= 11 is 0. The fourth-order valence-electron chi connectivity index (χ4n) is 3.23. The number of aryl methyl sites for hydroxylation is 3. The monoisotopic (exact) mass is 326 g/mol. The molecule has 1 heterocycles. The molecule has 2 amide bonds. The summed E-state index contributed by atoms with van der Waals surface area (Å²) in [6, 6.07) is 8.44. The van der Waals surface area contributed by atoms with Crippen LogP contribution in [0.2, 0.25) is 0 Å². The number of fused-ring (bicyclic) bond motifs is 1. The van der Waals surface area contributed by atoms with Crippen LogP contribution in [0, 0.1) is 0 Å². The molecule has 0 fully saturated rings. The van der Waals surface area contributed by atoms with Gasteiger partial charge in [0.2, 0.25) is 0 Å². The third-order valence-electron chi connectivity index (χ3n) is 4.63. The molecule has 0 aliphatic heterocycles. The minimum Gasteiger partial charge on any atom is -0.338 e. The van der Waals surface area contributed by atoms with Gasteiger partial charge >= 0.3 is 6.03 Å². The van der Waals surface area contributed by atoms with Crippen LogP contribution in [0.3, 0.4) is 0 Å². The average molecular weight is 326 g/mol. The molecule has 5 heteroatoms. The van der Waals surface area contributed by atoms with Crippen molar-refractivity contribution in [1.82, 2.24) is 20.4 Å². The molecule has 2 aromatic rings. The fraction of sp³-hybridized carbons (Fsp3) is 0.474. The first-order valence-corrected chi connectivity index (χ1v) is 8.86. The van der Waals surface area contributed by atoms with Crippen LogP contribution < -0.4 is 10.6 Å². The second-order valence-corrected chi connectivity index (χ2v) is 6.48. The molecular weight excluding hydrogens is 300 g/mol. The van der Waals surface area contributed by atoms with Crippen molar-refractivity contribution >= 4 is 6.03 Å². The highest BCUT2D eigenvalue weighted by molar-refractivity contribution is 5.74. The summed E-state index contributed by atoms with van der Waals surface area (Å²) in [5, 5.41) is 10.1. The van der Waals surface area contributed by atoms with E-state index in [0.29, 0.717) is 6.54 Å². The zero-order chi connectivity index (χ0) is 16.8. The lowest BCUT2D eigenvalue weighted by atomic mass is 9.89. The second kappa shape index (κ2) is 7.99. The van der Waals surface area contributed by atoms with E-state index >= 15 is 0 Å². The number of rotatable bonds is 6. The Morgan fingerprint density at radius 2 is 2.12 bits per heavy atom. The maximum Gasteiger partial charge on any atom is 0.315 e. The molecular formula is C19H26N4O. The highest BCUT2D eigenvalue weighted by Crippen LogP contribution is 2.24. The standard InChI is InChI=1S/C19H26N4O/c1-15(17-9-8-16-6-2-3-7-18(16)14-17)22-19(24)20-10-4-12-23-13-5-11-21-23/h5,8-9,11,13-15H,2-4,6-7,10,12H2,1H3,(H2,20,22,24)/t15-/m0/s1. The van der Waals surface area contributed by atoms with Gasteiger partial charge < -0.3 is 10.6 Å². The maximum absolute atomic E-state index is 12.0. The SMILES string of the molecule is C[C@H](NC(=O)NCCCn1cccn1)c1ccc2c(c1)CCCC2. The summed E-state index contributed by atoms with van der Waals surface area (Å²) in [6.07, 6.45) is 9.47. The number of nitrogens with zero attached hydrogens (tertiary/aromatic N) is 2. The van der Waals surface area contributed by atoms with Gasteiger partial charge in [-0.25, -0.2) is 4.79 Å². The van der Waals surface area contributed by atoms with Gasteiger partial charge in [0, 0.05) is 25.5 Å². The van der Waals surface area contributed by atoms with E-state index in [0.717, 1.165) is 19.4 Å². The van der Waals surface area contributed by atoms with E-state index in [-0.39, 0.29) is 12.1 Å². The molecule has 1 aliphatic rings. The number of carbonyl (C=O) groups is 1. The molecule has 0 saturated carbocycles. The molecule has 0 saturated heterocycles. The van der Waals surface area contributed by atoms with Crippen molar-refractivity contribution in [2.75, 3.05) is 6.54 Å². The van der Waals surface area contributed by atoms with Gasteiger partial charge in [0.25, 0.3) is 0 Å². The summed E-state index contributed by atoms with van der Waals surface area (Å²) < 4.78 is 1.87. The Morgan fingerprint density at radius 1 is 1.29 bits per heavy atom. The van der Waals surface area contributed by atoms with Crippen LogP contribution in [0.4, 0.5) is 4.79 Å². The van der Waals surface area contributed by atoms with E-state index in [1.165, 1.54) is 36.0 Å². The fourth-order valence-corrected chi connectivity index (χ4v) is 3.23. The van der Waals surface area contributed by atoms with Crippen molar-refractivity contribution in [3.63, 3.8) is 0 Å². The minimum atomic E-state index is -0.110. The predicted molar refractivity (Wildman–Crippen MR) is 94.9 cm³/mol. The van der Waals surface area contributed by atoms with Crippen molar-refractivity contribution in [2.24, 2.45) is 0 Å². The molecule has 0 bridgehead atoms. The van der Waals surface area contributed by atoms with E-state index in [4.69, 9.17) is 0 Å². The third-order valence-corrected chi connectivity index (χ3v) is 4.63. The minimum absolute atomic E-state index is 0.0170. The van der Waals surface area contributed by atoms with Crippen molar-refractivity contribution in [3.8, 4) is 0 Å². The Balaban J connectivity index is 1.43. The third kappa shape index (κ3) is 4.37. The van der Waals surface area contributed by atoms with Crippen molar-refractivity contribution < 1.29 is 4.79 Å². The summed E-state index contributed by atoms with van der Waals surface area (Å²) in [7, 11) is 0. The molecule has 2 N–H and O–H groups in total. The van der Waals surface area contributed by atoms with Crippen molar-refractivity contribution in [1.29, 1.82) is 0 Å². The first-order chi connectivity index (χ1) is 11.7. The lowest BCUT2D eigenvalue weighted by Gasteiger charge is -2.20. The summed E-state index contributed by atoms with van der Waals surface area (Å²) in [5.41, 5.74) is 4.11. The summed E-state index contributed by atoms with van der Waals surface area (Å²) in [4.78, 5) is 12.0. The van der Waals surface area contributed by atoms with Gasteiger partial charge in [-0.05, 0) is 61.8 Å². The smallest absolute Gasteiger partial charge is 0.315 e. The molecule has 5 nitrogen and oxygen atoms in total. The summed E-state index contributed by atoms with van der Waals surface area (Å²) in [6.45, 7) is 3.49. The Hall–Kier alpha value is -2.30. The maximum atomic E-state index is 12.0. The van der Waals surface area contributed by atoms with Crippen LogP contribution in [0.25, 0.3) is 0 Å². The quantitative estimate of drug-likeness (QED) is 0.801. The van der Waals surface area contributed by atoms with Crippen LogP contribution in [-0.2, 0) is 19.4 Å². The van der Waals surface area contributed by atoms with Gasteiger partial charge in [0.15, 0.2) is 0 Å². The molecule has 1 aromatic carbocycles. The molecule has 128 valence electrons. The lowest BCUT2D eigenvalue weighted by molar-refractivity contribution is 0.237. The van der Waals surface area contributed by atoms with E-state index in [9.17, 15) is 4.79 Å². The van der Waals surface area contributed by atoms with Gasteiger partial charge in [0.1, 0.15) is 0 Å². The number of hydrogen-bond acceptors (Lipinski definition) is 2. The van der Waals surface area contributed by atoms with E-state index in [1.54, 1.807) is 6.20 Å². The molecule has 1 aromatic heterocycles. The van der Waals surface area contributed by atoms with Crippen LogP contribution in [0.1, 0.15) is 48.9 Å². The predicted octanol–water partition coefficient (Wildman–Crippen LogP) is 3.21. The van der Waals surface area contributed by atoms with E-state index in [1.807, 2.05) is 23.9 Å². The van der Waals surface area contributed by atoms with Crippen LogP contribution in [-0.4, -0.2) is 22.4 Å². The van der Waals surface area contributed by atoms with Gasteiger partial charge in [0.05, 0.1) is 6.04 Å². The van der Waals surface area contributed by atoms with Crippen molar-refractivity contribution in [2.45, 2.75) is 51.6 Å². The van der Waals surface area contributed by atoms with Crippen molar-refractivity contribution in [3.05, 3.63) is 53.3 Å². The largest absolute Gasteiger partial charge is 0.338 e. The number of benzene rings is 1. The highest BCUT2D eigenvalue weighted by atomic mass is 16.2. The Morgan fingerprint density at radius 3 is 2.92 bits per heavy atom. The molecule has 1 atom stereocenters. The van der Waals surface area contributed by atoms with Crippen LogP contribution in [0.5, 0.6) is 0 Å². The number of hydrogen-bond donors (Lipinski definition) is 2.